The van der Waals surface area contributed by atoms with Crippen molar-refractivity contribution in [1.29, 1.82) is 0 Å². The van der Waals surface area contributed by atoms with Crippen LogP contribution in [0.25, 0.3) is 0 Å². The lowest BCUT2D eigenvalue weighted by atomic mass is 10.1. The number of nitrogens with zero attached hydrogens (tertiary/aromatic N) is 1. The van der Waals surface area contributed by atoms with E-state index in [2.05, 4.69) is 25.3 Å². The zero-order valence-corrected chi connectivity index (χ0v) is 17.9. The number of esters is 1. The topological polar surface area (TPSA) is 38.8 Å². The number of unbranched alkanes of at least 4 members (excludes halogenated alkanes) is 2. The maximum Gasteiger partial charge on any atom is 0.338 e. The second kappa shape index (κ2) is 13.6. The van der Waals surface area contributed by atoms with Gasteiger partial charge in [0, 0.05) is 13.1 Å². The fraction of sp³-hybridized carbons (Fsp3) is 0.458. The molecule has 4 nitrogen and oxygen atoms in total. The van der Waals surface area contributed by atoms with E-state index in [9.17, 15) is 4.79 Å². The Morgan fingerprint density at radius 1 is 1.14 bits per heavy atom. The monoisotopic (exact) mass is 385 g/mol. The molecule has 0 heterocycles. The molecule has 0 aliphatic heterocycles. The molecule has 1 aromatic rings. The maximum absolute atomic E-state index is 12.3. The van der Waals surface area contributed by atoms with Crippen LogP contribution in [-0.4, -0.2) is 25.7 Å². The van der Waals surface area contributed by atoms with Crippen molar-refractivity contribution >= 4 is 11.7 Å². The minimum atomic E-state index is -0.306. The Bertz CT molecular complexity index is 668. The van der Waals surface area contributed by atoms with Crippen LogP contribution in [0.1, 0.15) is 63.7 Å². The van der Waals surface area contributed by atoms with E-state index in [4.69, 9.17) is 9.47 Å². The van der Waals surface area contributed by atoms with Crippen molar-refractivity contribution in [3.8, 4) is 5.75 Å². The summed E-state index contributed by atoms with van der Waals surface area (Å²) in [6.07, 6.45) is 11.7. The second-order valence-electron chi connectivity index (χ2n) is 6.49. The molecule has 0 amide bonds. The average molecular weight is 386 g/mol. The van der Waals surface area contributed by atoms with Crippen LogP contribution in [0, 0.1) is 0 Å². The fourth-order valence-corrected chi connectivity index (χ4v) is 2.72. The Hall–Kier alpha value is -2.49. The van der Waals surface area contributed by atoms with Gasteiger partial charge in [-0.15, -0.1) is 0 Å². The minimum Gasteiger partial charge on any atom is -0.462 e. The summed E-state index contributed by atoms with van der Waals surface area (Å²) >= 11 is 0. The zero-order chi connectivity index (χ0) is 20.8. The standard InChI is InChI=1S/C24H35NO3/c1-6-11-14-21(9-4)28-23-16-15-20(24(26)27-10-5)19-22(23)25(17-12-7-2)18-13-8-3/h6,9,11,14-16,19H,1,7-8,10,12-13,17-18H2,2-5H3/b14-11-,21-9+. The summed E-state index contributed by atoms with van der Waals surface area (Å²) in [6, 6.07) is 5.51. The molecule has 0 unspecified atom stereocenters. The van der Waals surface area contributed by atoms with E-state index in [-0.39, 0.29) is 5.97 Å². The Morgan fingerprint density at radius 2 is 1.82 bits per heavy atom. The number of benzene rings is 1. The minimum absolute atomic E-state index is 0.306. The van der Waals surface area contributed by atoms with Crippen LogP contribution in [0.5, 0.6) is 5.75 Å². The lowest BCUT2D eigenvalue weighted by molar-refractivity contribution is 0.0526. The quantitative estimate of drug-likeness (QED) is 0.227. The van der Waals surface area contributed by atoms with E-state index >= 15 is 0 Å². The highest BCUT2D eigenvalue weighted by Gasteiger charge is 2.17. The summed E-state index contributed by atoms with van der Waals surface area (Å²) in [5.74, 6) is 1.16. The van der Waals surface area contributed by atoms with E-state index in [0.717, 1.165) is 56.0 Å². The number of ether oxygens (including phenoxy) is 2. The van der Waals surface area contributed by atoms with Crippen LogP contribution in [0.4, 0.5) is 5.69 Å². The number of carbonyl (C=O) groups is 1. The van der Waals surface area contributed by atoms with Gasteiger partial charge in [0.1, 0.15) is 5.76 Å². The van der Waals surface area contributed by atoms with Gasteiger partial charge in [-0.3, -0.25) is 0 Å². The fourth-order valence-electron chi connectivity index (χ4n) is 2.72. The van der Waals surface area contributed by atoms with Crippen LogP contribution in [0.3, 0.4) is 0 Å². The molecule has 1 aromatic carbocycles. The number of rotatable bonds is 13. The molecule has 0 bridgehead atoms. The number of carbonyl (C=O) groups excluding carboxylic acids is 1. The SMILES string of the molecule is C=C/C=C\C(=C/C)Oc1ccc(C(=O)OCC)cc1N(CCCC)CCCC. The van der Waals surface area contributed by atoms with Gasteiger partial charge >= 0.3 is 5.97 Å². The second-order valence-corrected chi connectivity index (χ2v) is 6.49. The van der Waals surface area contributed by atoms with Crippen LogP contribution in [0.2, 0.25) is 0 Å². The Kier molecular flexibility index (Phi) is 11.5. The molecule has 0 aliphatic carbocycles. The molecule has 0 N–H and O–H groups in total. The first kappa shape index (κ1) is 23.5. The lowest BCUT2D eigenvalue weighted by Crippen LogP contribution is -2.26. The van der Waals surface area contributed by atoms with E-state index in [1.807, 2.05) is 44.2 Å². The van der Waals surface area contributed by atoms with Gasteiger partial charge in [0.05, 0.1) is 17.9 Å². The van der Waals surface area contributed by atoms with Crippen molar-refractivity contribution in [3.63, 3.8) is 0 Å². The Labute approximate surface area is 170 Å². The summed E-state index contributed by atoms with van der Waals surface area (Å²) < 4.78 is 11.4. The van der Waals surface area contributed by atoms with Gasteiger partial charge in [-0.25, -0.2) is 4.79 Å². The smallest absolute Gasteiger partial charge is 0.338 e. The third-order valence-electron chi connectivity index (χ3n) is 4.28. The number of hydrogen-bond acceptors (Lipinski definition) is 4. The molecule has 154 valence electrons. The van der Waals surface area contributed by atoms with Gasteiger partial charge in [-0.1, -0.05) is 45.4 Å². The van der Waals surface area contributed by atoms with Crippen molar-refractivity contribution in [1.82, 2.24) is 0 Å². The van der Waals surface area contributed by atoms with Gasteiger partial charge < -0.3 is 14.4 Å². The van der Waals surface area contributed by atoms with E-state index < -0.39 is 0 Å². The molecule has 4 heteroatoms. The van der Waals surface area contributed by atoms with Gasteiger partial charge in [0.25, 0.3) is 0 Å². The van der Waals surface area contributed by atoms with E-state index in [0.29, 0.717) is 12.2 Å². The van der Waals surface area contributed by atoms with Gasteiger partial charge in [0.2, 0.25) is 0 Å². The highest BCUT2D eigenvalue weighted by atomic mass is 16.5. The molecule has 0 aliphatic rings. The Balaban J connectivity index is 3.32. The molecular weight excluding hydrogens is 350 g/mol. The molecule has 0 atom stereocenters. The molecule has 0 fully saturated rings. The van der Waals surface area contributed by atoms with Crippen molar-refractivity contribution in [2.45, 2.75) is 53.4 Å². The molecule has 0 saturated heterocycles. The van der Waals surface area contributed by atoms with Gasteiger partial charge in [-0.2, -0.15) is 0 Å². The summed E-state index contributed by atoms with van der Waals surface area (Å²) in [5.41, 5.74) is 1.48. The largest absolute Gasteiger partial charge is 0.462 e. The van der Waals surface area contributed by atoms with Crippen molar-refractivity contribution in [2.24, 2.45) is 0 Å². The average Bonchev–Trinajstić information content (AvgIpc) is 2.71. The van der Waals surface area contributed by atoms with Gasteiger partial charge in [-0.05, 0) is 57.0 Å². The molecule has 1 rings (SSSR count). The predicted molar refractivity (Wildman–Crippen MR) is 118 cm³/mol. The lowest BCUT2D eigenvalue weighted by Gasteiger charge is -2.27. The van der Waals surface area contributed by atoms with Crippen molar-refractivity contribution in [3.05, 3.63) is 60.4 Å². The Morgan fingerprint density at radius 3 is 2.36 bits per heavy atom. The summed E-state index contributed by atoms with van der Waals surface area (Å²) in [6.45, 7) is 14.0. The third kappa shape index (κ3) is 7.63. The van der Waals surface area contributed by atoms with Crippen molar-refractivity contribution < 1.29 is 14.3 Å². The molecule has 0 spiro atoms. The zero-order valence-electron chi connectivity index (χ0n) is 17.9. The normalized spacial score (nSPS) is 11.5. The summed E-state index contributed by atoms with van der Waals surface area (Å²) in [5, 5.41) is 0. The number of anilines is 1. The first-order valence-electron chi connectivity index (χ1n) is 10.3. The number of allylic oxidation sites excluding steroid dienone is 4. The van der Waals surface area contributed by atoms with Crippen LogP contribution < -0.4 is 9.64 Å². The van der Waals surface area contributed by atoms with Crippen LogP contribution in [0.15, 0.2) is 54.8 Å². The highest BCUT2D eigenvalue weighted by molar-refractivity contribution is 5.91. The third-order valence-corrected chi connectivity index (χ3v) is 4.28. The molecule has 0 radical (unpaired) electrons. The van der Waals surface area contributed by atoms with Gasteiger partial charge in [0.15, 0.2) is 5.75 Å². The maximum atomic E-state index is 12.3. The number of hydrogen-bond donors (Lipinski definition) is 0. The summed E-state index contributed by atoms with van der Waals surface area (Å²) in [7, 11) is 0. The predicted octanol–water partition coefficient (Wildman–Crippen LogP) is 6.29. The molecular formula is C24H35NO3. The van der Waals surface area contributed by atoms with Crippen molar-refractivity contribution in [2.75, 3.05) is 24.6 Å². The highest BCUT2D eigenvalue weighted by Crippen LogP contribution is 2.32. The molecule has 0 aromatic heterocycles. The first-order chi connectivity index (χ1) is 13.6. The van der Waals surface area contributed by atoms with Crippen LogP contribution in [-0.2, 0) is 4.74 Å². The van der Waals surface area contributed by atoms with E-state index in [1.165, 1.54) is 0 Å². The molecule has 0 saturated carbocycles. The first-order valence-corrected chi connectivity index (χ1v) is 10.3. The summed E-state index contributed by atoms with van der Waals surface area (Å²) in [4.78, 5) is 14.6. The molecule has 28 heavy (non-hydrogen) atoms. The van der Waals surface area contributed by atoms with Crippen LogP contribution >= 0.6 is 0 Å². The van der Waals surface area contributed by atoms with E-state index in [1.54, 1.807) is 12.1 Å².